The van der Waals surface area contributed by atoms with Gasteiger partial charge >= 0.3 is 0 Å². The van der Waals surface area contributed by atoms with Crippen LogP contribution in [0.4, 0.5) is 0 Å². The first-order chi connectivity index (χ1) is 11.3. The van der Waals surface area contributed by atoms with E-state index in [1.54, 1.807) is 6.21 Å². The van der Waals surface area contributed by atoms with Crippen molar-refractivity contribution in [2.45, 2.75) is 25.6 Å². The van der Waals surface area contributed by atoms with Crippen LogP contribution >= 0.6 is 11.8 Å². The van der Waals surface area contributed by atoms with E-state index < -0.39 is 0 Å². The number of carbonyl (C=O) groups is 1. The maximum absolute atomic E-state index is 11.0. The van der Waals surface area contributed by atoms with E-state index in [9.17, 15) is 4.79 Å². The lowest BCUT2D eigenvalue weighted by Crippen LogP contribution is -2.19. The van der Waals surface area contributed by atoms with E-state index in [0.29, 0.717) is 24.1 Å². The van der Waals surface area contributed by atoms with Crippen LogP contribution < -0.4 is 5.32 Å². The van der Waals surface area contributed by atoms with Crippen molar-refractivity contribution in [2.24, 2.45) is 10.2 Å². The van der Waals surface area contributed by atoms with E-state index in [-0.39, 0.29) is 12.0 Å². The van der Waals surface area contributed by atoms with Crippen molar-refractivity contribution in [3.8, 4) is 0 Å². The Bertz CT molecular complexity index is 595. The van der Waals surface area contributed by atoms with Crippen molar-refractivity contribution >= 4 is 29.1 Å². The number of thioether (sulfide) groups is 1. The summed E-state index contributed by atoms with van der Waals surface area (Å²) in [5.41, 5.74) is 2.07. The van der Waals surface area contributed by atoms with Crippen molar-refractivity contribution in [2.75, 3.05) is 19.0 Å². The molecule has 0 radical (unpaired) electrons. The third-order valence-corrected chi connectivity index (χ3v) is 4.38. The molecule has 23 heavy (non-hydrogen) atoms. The van der Waals surface area contributed by atoms with Gasteiger partial charge in [0.1, 0.15) is 0 Å². The molecule has 1 amide bonds. The van der Waals surface area contributed by atoms with Crippen LogP contribution in [0.5, 0.6) is 0 Å². The fourth-order valence-electron chi connectivity index (χ4n) is 2.31. The molecule has 2 fully saturated rings. The number of carbonyl (C=O) groups excluding carboxylic acids is 1. The monoisotopic (exact) mass is 333 g/mol. The molecule has 0 saturated carbocycles. The van der Waals surface area contributed by atoms with Crippen LogP contribution in [-0.4, -0.2) is 42.4 Å². The Morgan fingerprint density at radius 1 is 1.39 bits per heavy atom. The largest absolute Gasteiger partial charge is 0.376 e. The highest BCUT2D eigenvalue weighted by molar-refractivity contribution is 8.15. The molecule has 0 spiro atoms. The zero-order chi connectivity index (χ0) is 15.9. The van der Waals surface area contributed by atoms with Crippen molar-refractivity contribution in [3.05, 3.63) is 35.4 Å². The Labute approximate surface area is 139 Å². The number of rotatable bonds is 6. The van der Waals surface area contributed by atoms with Crippen LogP contribution in [0.25, 0.3) is 0 Å². The molecule has 1 unspecified atom stereocenters. The molecular formula is C16H19N3O3S. The lowest BCUT2D eigenvalue weighted by Gasteiger charge is -2.10. The Morgan fingerprint density at radius 3 is 2.96 bits per heavy atom. The molecule has 0 bridgehead atoms. The van der Waals surface area contributed by atoms with Gasteiger partial charge < -0.3 is 14.8 Å². The molecule has 1 aromatic rings. The Kier molecular flexibility index (Phi) is 5.79. The van der Waals surface area contributed by atoms with Crippen molar-refractivity contribution < 1.29 is 14.3 Å². The van der Waals surface area contributed by atoms with Crippen LogP contribution in [0.1, 0.15) is 24.0 Å². The van der Waals surface area contributed by atoms with E-state index in [1.165, 1.54) is 11.8 Å². The molecule has 2 saturated heterocycles. The van der Waals surface area contributed by atoms with Gasteiger partial charge in [0.05, 0.1) is 31.3 Å². The van der Waals surface area contributed by atoms with Gasteiger partial charge in [0, 0.05) is 6.61 Å². The summed E-state index contributed by atoms with van der Waals surface area (Å²) < 4.78 is 11.2. The van der Waals surface area contributed by atoms with Gasteiger partial charge in [0.25, 0.3) is 0 Å². The summed E-state index contributed by atoms with van der Waals surface area (Å²) in [4.78, 5) is 11.0. The molecule has 122 valence electrons. The normalized spacial score (nSPS) is 23.0. The summed E-state index contributed by atoms with van der Waals surface area (Å²) in [6.45, 7) is 2.10. The Balaban J connectivity index is 1.44. The average Bonchev–Trinajstić information content (AvgIpc) is 3.21. The number of benzene rings is 1. The molecule has 1 N–H and O–H groups in total. The number of amides is 1. The first kappa shape index (κ1) is 16.2. The maximum atomic E-state index is 11.0. The standard InChI is InChI=1S/C16H19N3O3S/c20-15-11-23-16(18-15)19-17-8-12-3-5-13(6-4-12)9-21-10-14-2-1-7-22-14/h3-6,8,14H,1-2,7,9-11H2,(H,18,19,20). The van der Waals surface area contributed by atoms with E-state index in [0.717, 1.165) is 30.6 Å². The molecule has 6 nitrogen and oxygen atoms in total. The third-order valence-electron chi connectivity index (χ3n) is 3.52. The highest BCUT2D eigenvalue weighted by Gasteiger charge is 2.16. The highest BCUT2D eigenvalue weighted by atomic mass is 32.2. The molecule has 2 heterocycles. The van der Waals surface area contributed by atoms with E-state index in [2.05, 4.69) is 15.5 Å². The Morgan fingerprint density at radius 2 is 2.26 bits per heavy atom. The molecule has 0 aliphatic carbocycles. The number of hydrogen-bond acceptors (Lipinski definition) is 6. The summed E-state index contributed by atoms with van der Waals surface area (Å²) in [5, 5.41) is 11.1. The van der Waals surface area contributed by atoms with Crippen LogP contribution in [0.3, 0.4) is 0 Å². The van der Waals surface area contributed by atoms with Gasteiger partial charge in [0.15, 0.2) is 5.17 Å². The molecule has 2 aliphatic heterocycles. The summed E-state index contributed by atoms with van der Waals surface area (Å²) >= 11 is 1.36. The number of amidine groups is 1. The second-order valence-corrected chi connectivity index (χ2v) is 6.34. The van der Waals surface area contributed by atoms with Crippen LogP contribution in [0.15, 0.2) is 34.5 Å². The molecule has 1 atom stereocenters. The molecule has 1 aromatic carbocycles. The predicted octanol–water partition coefficient (Wildman–Crippen LogP) is 1.94. The first-order valence-electron chi connectivity index (χ1n) is 7.61. The van der Waals surface area contributed by atoms with Crippen molar-refractivity contribution in [1.29, 1.82) is 0 Å². The lowest BCUT2D eigenvalue weighted by atomic mass is 10.1. The van der Waals surface area contributed by atoms with Gasteiger partial charge in [-0.2, -0.15) is 5.10 Å². The quantitative estimate of drug-likeness (QED) is 0.638. The van der Waals surface area contributed by atoms with E-state index in [1.807, 2.05) is 24.3 Å². The molecule has 2 aliphatic rings. The molecule has 0 aromatic heterocycles. The first-order valence-corrected chi connectivity index (χ1v) is 8.60. The minimum atomic E-state index is -0.0312. The van der Waals surface area contributed by atoms with Gasteiger partial charge in [-0.3, -0.25) is 4.79 Å². The van der Waals surface area contributed by atoms with Crippen LogP contribution in [-0.2, 0) is 20.9 Å². The van der Waals surface area contributed by atoms with Crippen LogP contribution in [0.2, 0.25) is 0 Å². The average molecular weight is 333 g/mol. The number of ether oxygens (including phenoxy) is 2. The molecule has 7 heteroatoms. The van der Waals surface area contributed by atoms with Gasteiger partial charge in [0.2, 0.25) is 5.91 Å². The summed E-state index contributed by atoms with van der Waals surface area (Å²) in [6, 6.07) is 7.95. The van der Waals surface area contributed by atoms with Gasteiger partial charge in [-0.1, -0.05) is 36.0 Å². The van der Waals surface area contributed by atoms with Gasteiger partial charge in [-0.15, -0.1) is 5.10 Å². The summed E-state index contributed by atoms with van der Waals surface area (Å²) in [5.74, 6) is 0.380. The molecular weight excluding hydrogens is 314 g/mol. The van der Waals surface area contributed by atoms with Gasteiger partial charge in [-0.05, 0) is 24.0 Å². The van der Waals surface area contributed by atoms with Crippen LogP contribution in [0, 0.1) is 0 Å². The fraction of sp³-hybridized carbons (Fsp3) is 0.438. The summed E-state index contributed by atoms with van der Waals surface area (Å²) in [6.07, 6.45) is 4.15. The highest BCUT2D eigenvalue weighted by Crippen LogP contribution is 2.13. The second kappa shape index (κ2) is 8.24. The van der Waals surface area contributed by atoms with E-state index in [4.69, 9.17) is 9.47 Å². The molecule has 3 rings (SSSR count). The second-order valence-electron chi connectivity index (χ2n) is 5.38. The number of nitrogens with zero attached hydrogens (tertiary/aromatic N) is 2. The smallest absolute Gasteiger partial charge is 0.236 e. The minimum Gasteiger partial charge on any atom is -0.376 e. The SMILES string of the molecule is O=C1CSC(=NN=Cc2ccc(COCC3CCCO3)cc2)N1. The van der Waals surface area contributed by atoms with Crippen molar-refractivity contribution in [3.63, 3.8) is 0 Å². The van der Waals surface area contributed by atoms with Gasteiger partial charge in [-0.25, -0.2) is 0 Å². The minimum absolute atomic E-state index is 0.0312. The predicted molar refractivity (Wildman–Crippen MR) is 90.7 cm³/mol. The topological polar surface area (TPSA) is 72.3 Å². The van der Waals surface area contributed by atoms with E-state index >= 15 is 0 Å². The third kappa shape index (κ3) is 5.16. The number of nitrogens with one attached hydrogen (secondary N) is 1. The zero-order valence-corrected chi connectivity index (χ0v) is 13.6. The fourth-order valence-corrected chi connectivity index (χ4v) is 2.94. The maximum Gasteiger partial charge on any atom is 0.236 e. The van der Waals surface area contributed by atoms with Crippen molar-refractivity contribution in [1.82, 2.24) is 5.32 Å². The zero-order valence-electron chi connectivity index (χ0n) is 12.7. The summed E-state index contributed by atoms with van der Waals surface area (Å²) in [7, 11) is 0. The Hall–Kier alpha value is -1.70. The number of hydrogen-bond donors (Lipinski definition) is 1. The lowest BCUT2D eigenvalue weighted by molar-refractivity contribution is -0.116.